The third kappa shape index (κ3) is 6.49. The van der Waals surface area contributed by atoms with Crippen LogP contribution < -0.4 is 52.1 Å². The van der Waals surface area contributed by atoms with Gasteiger partial charge in [0.05, 0.1) is 0 Å². The molecule has 8 aliphatic rings. The molecular formula is C54H58B2N2O2S2. The van der Waals surface area contributed by atoms with Crippen LogP contribution in [0.1, 0.15) is 128 Å². The molecular weight excluding hydrogens is 794 g/mol. The zero-order valence-corrected chi connectivity index (χ0v) is 37.8. The molecule has 4 fully saturated rings. The lowest BCUT2D eigenvalue weighted by Gasteiger charge is -2.44. The predicted molar refractivity (Wildman–Crippen MR) is 262 cm³/mol. The minimum Gasteiger partial charge on any atom is -0.458 e. The topological polar surface area (TPSA) is 24.9 Å². The van der Waals surface area contributed by atoms with Gasteiger partial charge in [-0.1, -0.05) is 154 Å². The number of para-hydroxylation sites is 1. The number of rotatable bonds is 6. The highest BCUT2D eigenvalue weighted by Crippen LogP contribution is 2.46. The van der Waals surface area contributed by atoms with Crippen LogP contribution in [0.25, 0.3) is 0 Å². The van der Waals surface area contributed by atoms with Gasteiger partial charge in [0.2, 0.25) is 0 Å². The van der Waals surface area contributed by atoms with Gasteiger partial charge in [0, 0.05) is 67.3 Å². The van der Waals surface area contributed by atoms with E-state index in [0.717, 1.165) is 23.0 Å². The van der Waals surface area contributed by atoms with Crippen molar-refractivity contribution in [2.24, 2.45) is 0 Å². The number of benzene rings is 5. The molecule has 5 aromatic carbocycles. The highest BCUT2D eigenvalue weighted by atomic mass is 32.2. The summed E-state index contributed by atoms with van der Waals surface area (Å²) in [4.78, 5) is 11.3. The maximum absolute atomic E-state index is 7.37. The molecule has 8 heteroatoms. The fourth-order valence-electron chi connectivity index (χ4n) is 13.5. The van der Waals surface area contributed by atoms with Crippen LogP contribution in [0.5, 0.6) is 23.0 Å². The van der Waals surface area contributed by atoms with Crippen molar-refractivity contribution < 1.29 is 9.47 Å². The Morgan fingerprint density at radius 2 is 0.823 bits per heavy atom. The maximum atomic E-state index is 7.37. The largest absolute Gasteiger partial charge is 0.458 e. The van der Waals surface area contributed by atoms with Crippen molar-refractivity contribution >= 4 is 81.1 Å². The molecule has 0 aromatic heterocycles. The van der Waals surface area contributed by atoms with Crippen LogP contribution in [-0.4, -0.2) is 37.6 Å². The van der Waals surface area contributed by atoms with Gasteiger partial charge in [0.1, 0.15) is 23.0 Å². The number of fused-ring (bicyclic) bond motifs is 8. The van der Waals surface area contributed by atoms with Crippen molar-refractivity contribution in [3.05, 3.63) is 84.9 Å². The molecule has 4 aliphatic heterocycles. The Kier molecular flexibility index (Phi) is 9.94. The molecule has 4 aliphatic carbocycles. The van der Waals surface area contributed by atoms with Gasteiger partial charge in [-0.25, -0.2) is 0 Å². The second-order valence-corrected chi connectivity index (χ2v) is 22.1. The second-order valence-electron chi connectivity index (χ2n) is 20.0. The minimum absolute atomic E-state index is 0.106. The minimum atomic E-state index is 0.106. The summed E-state index contributed by atoms with van der Waals surface area (Å²) in [7, 11) is 0. The number of hydrogen-bond donors (Lipinski definition) is 0. The Labute approximate surface area is 378 Å². The summed E-state index contributed by atoms with van der Waals surface area (Å²) in [6, 6.07) is 35.7. The van der Waals surface area contributed by atoms with Gasteiger partial charge < -0.3 is 19.3 Å². The van der Waals surface area contributed by atoms with Crippen LogP contribution in [0.4, 0.5) is 11.4 Å². The average Bonchev–Trinajstić information content (AvgIpc) is 3.32. The van der Waals surface area contributed by atoms with Crippen LogP contribution in [0, 0.1) is 0 Å². The summed E-state index contributed by atoms with van der Waals surface area (Å²) in [5.74, 6) is 4.17. The van der Waals surface area contributed by atoms with Gasteiger partial charge in [-0.15, -0.1) is 0 Å². The molecule has 0 N–H and O–H groups in total. The van der Waals surface area contributed by atoms with Crippen LogP contribution >= 0.6 is 23.5 Å². The summed E-state index contributed by atoms with van der Waals surface area (Å²) in [5.41, 5.74) is 10.9. The molecule has 0 spiro atoms. The zero-order chi connectivity index (χ0) is 40.7. The van der Waals surface area contributed by atoms with E-state index in [1.54, 1.807) is 0 Å². The van der Waals surface area contributed by atoms with Crippen LogP contribution in [0.3, 0.4) is 0 Å². The number of ether oxygens (including phenoxy) is 2. The fourth-order valence-corrected chi connectivity index (χ4v) is 15.9. The van der Waals surface area contributed by atoms with Gasteiger partial charge in [0.25, 0.3) is 13.4 Å². The van der Waals surface area contributed by atoms with Gasteiger partial charge >= 0.3 is 0 Å². The Bertz CT molecular complexity index is 2330. The van der Waals surface area contributed by atoms with E-state index >= 15 is 0 Å². The molecule has 0 saturated heterocycles. The van der Waals surface area contributed by atoms with Crippen molar-refractivity contribution in [1.29, 1.82) is 0 Å². The lowest BCUT2D eigenvalue weighted by Crippen LogP contribution is -2.62. The van der Waals surface area contributed by atoms with Gasteiger partial charge in [-0.2, -0.15) is 0 Å². The Hall–Kier alpha value is -3.87. The third-order valence-corrected chi connectivity index (χ3v) is 18.6. The number of anilines is 2. The first-order chi connectivity index (χ1) is 30.7. The molecule has 4 saturated carbocycles. The van der Waals surface area contributed by atoms with E-state index in [4.69, 9.17) is 9.47 Å². The average molecular weight is 853 g/mol. The Morgan fingerprint density at radius 3 is 1.37 bits per heavy atom. The molecule has 4 heterocycles. The summed E-state index contributed by atoms with van der Waals surface area (Å²) < 4.78 is 14.4. The molecule has 62 heavy (non-hydrogen) atoms. The van der Waals surface area contributed by atoms with Crippen molar-refractivity contribution in [3.8, 4) is 23.0 Å². The first-order valence-electron chi connectivity index (χ1n) is 24.7. The van der Waals surface area contributed by atoms with Gasteiger partial charge in [-0.3, -0.25) is 0 Å². The number of nitrogens with zero attached hydrogens (tertiary/aromatic N) is 2. The maximum Gasteiger partial charge on any atom is 0.253 e. The van der Waals surface area contributed by atoms with E-state index in [0.29, 0.717) is 24.2 Å². The first-order valence-corrected chi connectivity index (χ1v) is 26.4. The van der Waals surface area contributed by atoms with Gasteiger partial charge in [-0.05, 0) is 104 Å². The van der Waals surface area contributed by atoms with E-state index < -0.39 is 0 Å². The van der Waals surface area contributed by atoms with E-state index in [9.17, 15) is 0 Å². The summed E-state index contributed by atoms with van der Waals surface area (Å²) in [6.07, 6.45) is 26.8. The third-order valence-electron chi connectivity index (χ3n) is 16.3. The SMILES string of the molecule is c1ccc2c(c1)Oc1cc(N(C3CCCCC3)C3CCCCC3)cc3c1B2c1cc2c(cc1S3)Oc1cc(N(C3CCCCC3)C3CCCCC3)cc3c1B2c1ccccc1S3. The lowest BCUT2D eigenvalue weighted by molar-refractivity contribution is 0.339. The highest BCUT2D eigenvalue weighted by Gasteiger charge is 2.45. The molecule has 0 amide bonds. The smallest absolute Gasteiger partial charge is 0.253 e. The zero-order valence-electron chi connectivity index (χ0n) is 36.2. The molecule has 13 rings (SSSR count). The lowest BCUT2D eigenvalue weighted by atomic mass is 9.32. The van der Waals surface area contributed by atoms with Crippen molar-refractivity contribution in [3.63, 3.8) is 0 Å². The molecule has 0 bridgehead atoms. The first kappa shape index (κ1) is 38.6. The van der Waals surface area contributed by atoms with E-state index in [1.807, 2.05) is 23.5 Å². The summed E-state index contributed by atoms with van der Waals surface area (Å²) in [6.45, 7) is 0.232. The molecule has 4 nitrogen and oxygen atoms in total. The van der Waals surface area contributed by atoms with E-state index in [-0.39, 0.29) is 13.4 Å². The second kappa shape index (κ2) is 16.0. The van der Waals surface area contributed by atoms with Crippen LogP contribution in [0.2, 0.25) is 0 Å². The van der Waals surface area contributed by atoms with Crippen molar-refractivity contribution in [1.82, 2.24) is 0 Å². The van der Waals surface area contributed by atoms with Crippen LogP contribution in [-0.2, 0) is 0 Å². The molecule has 0 radical (unpaired) electrons. The fraction of sp³-hybridized carbons (Fsp3) is 0.444. The monoisotopic (exact) mass is 852 g/mol. The Balaban J connectivity index is 0.955. The molecule has 314 valence electrons. The number of hydrogen-bond acceptors (Lipinski definition) is 6. The van der Waals surface area contributed by atoms with Crippen molar-refractivity contribution in [2.75, 3.05) is 9.80 Å². The summed E-state index contributed by atoms with van der Waals surface area (Å²) in [5, 5.41) is 0. The van der Waals surface area contributed by atoms with Gasteiger partial charge in [0.15, 0.2) is 0 Å². The molecule has 5 aromatic rings. The molecule has 0 unspecified atom stereocenters. The highest BCUT2D eigenvalue weighted by molar-refractivity contribution is 8.00. The van der Waals surface area contributed by atoms with Crippen LogP contribution in [0.15, 0.2) is 105 Å². The predicted octanol–water partition coefficient (Wildman–Crippen LogP) is 10.8. The molecule has 0 atom stereocenters. The Morgan fingerprint density at radius 1 is 0.371 bits per heavy atom. The normalized spacial score (nSPS) is 20.7. The quantitative estimate of drug-likeness (QED) is 0.155. The summed E-state index contributed by atoms with van der Waals surface area (Å²) >= 11 is 3.93. The van der Waals surface area contributed by atoms with E-state index in [2.05, 4.69) is 94.7 Å². The van der Waals surface area contributed by atoms with Crippen molar-refractivity contribution in [2.45, 2.75) is 172 Å². The van der Waals surface area contributed by atoms with E-state index in [1.165, 1.54) is 192 Å². The standard InChI is InChI=1S/C54H58B2N2O2S2/c1-5-17-35(18-6-1)57(36-19-7-2-8-20-36)39-29-47-53-52(32-39)62-50-34-46-43(33-44(50)55(53)41-25-13-15-27-45(41)59-47)56-42-26-14-16-28-49(42)61-51-31-40(30-48(60-46)54(51)56)58(37-21-9-3-10-22-37)38-23-11-4-12-24-38/h13-16,25-38H,1-12,17-24H2.